The minimum atomic E-state index is 0.470. The second-order valence-corrected chi connectivity index (χ2v) is 4.11. The van der Waals surface area contributed by atoms with E-state index in [2.05, 4.69) is 24.0 Å². The maximum absolute atomic E-state index is 6.02. The number of aromatic nitrogens is 2. The van der Waals surface area contributed by atoms with Gasteiger partial charge in [0.2, 0.25) is 0 Å². The second-order valence-electron chi connectivity index (χ2n) is 4.11. The Morgan fingerprint density at radius 2 is 2.00 bits per heavy atom. The molecule has 0 saturated heterocycles. The number of benzene rings is 1. The molecule has 0 amide bonds. The van der Waals surface area contributed by atoms with Gasteiger partial charge in [0.1, 0.15) is 0 Å². The van der Waals surface area contributed by atoms with Crippen LogP contribution >= 0.6 is 0 Å². The summed E-state index contributed by atoms with van der Waals surface area (Å²) in [4.78, 5) is 6.42. The summed E-state index contributed by atoms with van der Waals surface area (Å²) < 4.78 is 5.29. The normalized spacial score (nSPS) is 10.6. The molecule has 0 aliphatic rings. The zero-order valence-electron chi connectivity index (χ0n) is 11.0. The first-order chi connectivity index (χ1) is 8.67. The number of nitrogens with two attached hydrogens (primary N) is 1. The molecular weight excluding hydrogens is 228 g/mol. The summed E-state index contributed by atoms with van der Waals surface area (Å²) in [5.74, 6) is 1.08. The lowest BCUT2D eigenvalue weighted by Gasteiger charge is -2.14. The predicted octanol–water partition coefficient (Wildman–Crippen LogP) is 2.47. The third-order valence-corrected chi connectivity index (χ3v) is 3.02. The van der Waals surface area contributed by atoms with Gasteiger partial charge in [-0.1, -0.05) is 12.1 Å². The molecule has 1 aromatic heterocycles. The zero-order chi connectivity index (χ0) is 13.1. The SMILES string of the molecule is CCN(CC)c1noc(-c2cccc(C)c2N)n1. The Morgan fingerprint density at radius 1 is 1.28 bits per heavy atom. The van der Waals surface area contributed by atoms with Gasteiger partial charge in [0.25, 0.3) is 11.8 Å². The average molecular weight is 246 g/mol. The highest BCUT2D eigenvalue weighted by molar-refractivity contribution is 5.73. The molecule has 96 valence electrons. The lowest BCUT2D eigenvalue weighted by molar-refractivity contribution is 0.429. The van der Waals surface area contributed by atoms with E-state index >= 15 is 0 Å². The fourth-order valence-corrected chi connectivity index (χ4v) is 1.83. The Morgan fingerprint density at radius 3 is 2.67 bits per heavy atom. The number of hydrogen-bond acceptors (Lipinski definition) is 5. The molecule has 0 spiro atoms. The summed E-state index contributed by atoms with van der Waals surface area (Å²) in [7, 11) is 0. The van der Waals surface area contributed by atoms with Crippen molar-refractivity contribution in [3.8, 4) is 11.5 Å². The van der Waals surface area contributed by atoms with E-state index < -0.39 is 0 Å². The Kier molecular flexibility index (Phi) is 3.50. The molecule has 5 nitrogen and oxygen atoms in total. The minimum absolute atomic E-state index is 0.470. The highest BCUT2D eigenvalue weighted by Gasteiger charge is 2.15. The van der Waals surface area contributed by atoms with Crippen LogP contribution < -0.4 is 10.6 Å². The lowest BCUT2D eigenvalue weighted by Crippen LogP contribution is -2.22. The molecule has 0 aliphatic heterocycles. The van der Waals surface area contributed by atoms with Crippen molar-refractivity contribution in [1.82, 2.24) is 10.1 Å². The topological polar surface area (TPSA) is 68.2 Å². The van der Waals surface area contributed by atoms with E-state index in [-0.39, 0.29) is 0 Å². The number of rotatable bonds is 4. The molecule has 0 bridgehead atoms. The van der Waals surface area contributed by atoms with Gasteiger partial charge in [-0.05, 0) is 37.6 Å². The fourth-order valence-electron chi connectivity index (χ4n) is 1.83. The van der Waals surface area contributed by atoms with E-state index in [1.165, 1.54) is 0 Å². The summed E-state index contributed by atoms with van der Waals surface area (Å²) in [6, 6.07) is 5.78. The summed E-state index contributed by atoms with van der Waals surface area (Å²) in [5.41, 5.74) is 8.51. The number of para-hydroxylation sites is 1. The van der Waals surface area contributed by atoms with Gasteiger partial charge in [-0.15, -0.1) is 0 Å². The molecule has 0 atom stereocenters. The van der Waals surface area contributed by atoms with E-state index in [1.54, 1.807) is 0 Å². The molecule has 0 unspecified atom stereocenters. The minimum Gasteiger partial charge on any atom is -0.398 e. The Balaban J connectivity index is 2.38. The van der Waals surface area contributed by atoms with E-state index in [1.807, 2.05) is 30.0 Å². The number of anilines is 2. The van der Waals surface area contributed by atoms with Crippen molar-refractivity contribution in [3.63, 3.8) is 0 Å². The van der Waals surface area contributed by atoms with Crippen molar-refractivity contribution < 1.29 is 4.52 Å². The van der Waals surface area contributed by atoms with Gasteiger partial charge in [-0.25, -0.2) is 0 Å². The summed E-state index contributed by atoms with van der Waals surface area (Å²) in [6.45, 7) is 7.76. The van der Waals surface area contributed by atoms with Crippen LogP contribution in [0.2, 0.25) is 0 Å². The quantitative estimate of drug-likeness (QED) is 0.839. The van der Waals surface area contributed by atoms with Crippen molar-refractivity contribution >= 4 is 11.6 Å². The number of nitrogen functional groups attached to an aromatic ring is 1. The van der Waals surface area contributed by atoms with Crippen molar-refractivity contribution in [2.75, 3.05) is 23.7 Å². The van der Waals surface area contributed by atoms with Crippen molar-refractivity contribution in [2.24, 2.45) is 0 Å². The van der Waals surface area contributed by atoms with Gasteiger partial charge < -0.3 is 15.2 Å². The first kappa shape index (κ1) is 12.4. The van der Waals surface area contributed by atoms with Crippen LogP contribution in [0.15, 0.2) is 22.7 Å². The summed E-state index contributed by atoms with van der Waals surface area (Å²) in [6.07, 6.45) is 0. The Hall–Kier alpha value is -2.04. The first-order valence-electron chi connectivity index (χ1n) is 6.11. The van der Waals surface area contributed by atoms with Crippen LogP contribution in [0.1, 0.15) is 19.4 Å². The predicted molar refractivity (Wildman–Crippen MR) is 72.4 cm³/mol. The van der Waals surface area contributed by atoms with E-state index in [4.69, 9.17) is 10.3 Å². The van der Waals surface area contributed by atoms with Gasteiger partial charge in [0.05, 0.1) is 5.56 Å². The molecule has 2 rings (SSSR count). The average Bonchev–Trinajstić information content (AvgIpc) is 2.84. The van der Waals surface area contributed by atoms with Crippen LogP contribution in [-0.4, -0.2) is 23.2 Å². The Bertz CT molecular complexity index is 532. The van der Waals surface area contributed by atoms with Gasteiger partial charge in [-0.3, -0.25) is 0 Å². The van der Waals surface area contributed by atoms with Crippen LogP contribution in [0, 0.1) is 6.92 Å². The third kappa shape index (κ3) is 2.16. The first-order valence-corrected chi connectivity index (χ1v) is 6.11. The maximum atomic E-state index is 6.02. The molecule has 1 heterocycles. The van der Waals surface area contributed by atoms with Crippen LogP contribution in [0.25, 0.3) is 11.5 Å². The van der Waals surface area contributed by atoms with Crippen LogP contribution in [0.4, 0.5) is 11.6 Å². The largest absolute Gasteiger partial charge is 0.398 e. The molecule has 0 radical (unpaired) electrons. The van der Waals surface area contributed by atoms with E-state index in [0.717, 1.165) is 24.2 Å². The second kappa shape index (κ2) is 5.08. The number of aryl methyl sites for hydroxylation is 1. The van der Waals surface area contributed by atoms with Crippen LogP contribution in [-0.2, 0) is 0 Å². The fraction of sp³-hybridized carbons (Fsp3) is 0.385. The van der Waals surface area contributed by atoms with Gasteiger partial charge in [0, 0.05) is 18.8 Å². The molecule has 2 aromatic rings. The third-order valence-electron chi connectivity index (χ3n) is 3.02. The van der Waals surface area contributed by atoms with Crippen molar-refractivity contribution in [1.29, 1.82) is 0 Å². The molecule has 18 heavy (non-hydrogen) atoms. The number of nitrogens with zero attached hydrogens (tertiary/aromatic N) is 3. The monoisotopic (exact) mass is 246 g/mol. The molecule has 5 heteroatoms. The highest BCUT2D eigenvalue weighted by atomic mass is 16.5. The standard InChI is InChI=1S/C13H18N4O/c1-4-17(5-2)13-15-12(18-16-13)10-8-6-7-9(3)11(10)14/h6-8H,4-5,14H2,1-3H3. The van der Waals surface area contributed by atoms with Gasteiger partial charge in [-0.2, -0.15) is 4.98 Å². The Labute approximate surface area is 107 Å². The highest BCUT2D eigenvalue weighted by Crippen LogP contribution is 2.27. The van der Waals surface area contributed by atoms with Crippen molar-refractivity contribution in [2.45, 2.75) is 20.8 Å². The van der Waals surface area contributed by atoms with Gasteiger partial charge in [0.15, 0.2) is 0 Å². The molecule has 0 saturated carbocycles. The molecule has 0 fully saturated rings. The zero-order valence-corrected chi connectivity index (χ0v) is 11.0. The van der Waals surface area contributed by atoms with Gasteiger partial charge >= 0.3 is 0 Å². The lowest BCUT2D eigenvalue weighted by atomic mass is 10.1. The summed E-state index contributed by atoms with van der Waals surface area (Å²) >= 11 is 0. The number of hydrogen-bond donors (Lipinski definition) is 1. The molecule has 0 aliphatic carbocycles. The van der Waals surface area contributed by atoms with Crippen LogP contribution in [0.5, 0.6) is 0 Å². The molecule has 2 N–H and O–H groups in total. The molecule has 1 aromatic carbocycles. The maximum Gasteiger partial charge on any atom is 0.266 e. The smallest absolute Gasteiger partial charge is 0.266 e. The van der Waals surface area contributed by atoms with Crippen LogP contribution in [0.3, 0.4) is 0 Å². The van der Waals surface area contributed by atoms with E-state index in [0.29, 0.717) is 17.5 Å². The summed E-state index contributed by atoms with van der Waals surface area (Å²) in [5, 5.41) is 3.99. The van der Waals surface area contributed by atoms with Crippen molar-refractivity contribution in [3.05, 3.63) is 23.8 Å². The molecular formula is C13H18N4O. The van der Waals surface area contributed by atoms with E-state index in [9.17, 15) is 0 Å².